The summed E-state index contributed by atoms with van der Waals surface area (Å²) >= 11 is 0. The van der Waals surface area contributed by atoms with Crippen LogP contribution in [0.5, 0.6) is 0 Å². The highest BCUT2D eigenvalue weighted by Gasteiger charge is 2.34. The molecule has 154 valence electrons. The first-order valence-corrected chi connectivity index (χ1v) is 9.46. The molecule has 1 saturated heterocycles. The molecule has 2 rings (SSSR count). The van der Waals surface area contributed by atoms with Crippen molar-refractivity contribution < 1.29 is 9.84 Å². The van der Waals surface area contributed by atoms with E-state index in [0.29, 0.717) is 12.6 Å². The van der Waals surface area contributed by atoms with Gasteiger partial charge in [0.25, 0.3) is 0 Å². The van der Waals surface area contributed by atoms with E-state index in [2.05, 4.69) is 58.8 Å². The minimum atomic E-state index is 0. The number of rotatable bonds is 9. The van der Waals surface area contributed by atoms with Crippen LogP contribution in [0.1, 0.15) is 25.3 Å². The number of benzene rings is 1. The average Bonchev–Trinajstić information content (AvgIpc) is 3.11. The van der Waals surface area contributed by atoms with Crippen LogP contribution in [0.4, 0.5) is 0 Å². The summed E-state index contributed by atoms with van der Waals surface area (Å²) in [6.07, 6.45) is 1.74. The highest BCUT2D eigenvalue weighted by atomic mass is 127. The normalized spacial score (nSPS) is 21.0. The van der Waals surface area contributed by atoms with Crippen LogP contribution in [0.15, 0.2) is 35.3 Å². The lowest BCUT2D eigenvalue weighted by Gasteiger charge is -2.29. The number of aliphatic hydroxyl groups excluding tert-OH is 1. The summed E-state index contributed by atoms with van der Waals surface area (Å²) in [4.78, 5) is 6.66. The van der Waals surface area contributed by atoms with E-state index in [4.69, 9.17) is 4.74 Å². The molecule has 1 aliphatic rings. The largest absolute Gasteiger partial charge is 0.396 e. The second kappa shape index (κ2) is 12.5. The fraction of sp³-hybridized carbons (Fsp3) is 0.650. The van der Waals surface area contributed by atoms with Crippen molar-refractivity contribution >= 4 is 29.9 Å². The summed E-state index contributed by atoms with van der Waals surface area (Å²) in [7, 11) is 3.93. The molecule has 7 heteroatoms. The maximum Gasteiger partial charge on any atom is 0.191 e. The fourth-order valence-electron chi connectivity index (χ4n) is 3.23. The molecule has 0 aliphatic carbocycles. The first kappa shape index (κ1) is 24.1. The number of nitrogens with zero attached hydrogens (tertiary/aromatic N) is 2. The second-order valence-corrected chi connectivity index (χ2v) is 7.33. The molecule has 1 aromatic carbocycles. The Morgan fingerprint density at radius 1 is 1.33 bits per heavy atom. The van der Waals surface area contributed by atoms with E-state index in [1.54, 1.807) is 7.05 Å². The Morgan fingerprint density at radius 3 is 2.67 bits per heavy atom. The Kier molecular flexibility index (Phi) is 11.2. The Labute approximate surface area is 180 Å². The van der Waals surface area contributed by atoms with Crippen LogP contribution in [-0.2, 0) is 11.3 Å². The molecule has 6 nitrogen and oxygen atoms in total. The van der Waals surface area contributed by atoms with Gasteiger partial charge in [-0.15, -0.1) is 24.0 Å². The average molecular weight is 490 g/mol. The monoisotopic (exact) mass is 490 g/mol. The van der Waals surface area contributed by atoms with Crippen LogP contribution in [0.3, 0.4) is 0 Å². The third kappa shape index (κ3) is 7.93. The number of hydrogen-bond donors (Lipinski definition) is 3. The standard InChI is InChI=1S/C20H34N4O2.HI/c1-17(24(3)14-18-7-5-4-6-8-18)13-22-19(21-2)23-15-20(9-11-25)10-12-26-16-20;/h4-8,17,25H,9-16H2,1-3H3,(H2,21,22,23);1H. The van der Waals surface area contributed by atoms with Crippen LogP contribution >= 0.6 is 24.0 Å². The molecular weight excluding hydrogens is 455 g/mol. The van der Waals surface area contributed by atoms with Crippen LogP contribution in [0.25, 0.3) is 0 Å². The minimum Gasteiger partial charge on any atom is -0.396 e. The summed E-state index contributed by atoms with van der Waals surface area (Å²) in [6, 6.07) is 10.9. The first-order valence-electron chi connectivity index (χ1n) is 9.46. The van der Waals surface area contributed by atoms with Gasteiger partial charge in [-0.1, -0.05) is 30.3 Å². The summed E-state index contributed by atoms with van der Waals surface area (Å²) in [5, 5.41) is 16.2. The Morgan fingerprint density at radius 2 is 2.07 bits per heavy atom. The predicted octanol–water partition coefficient (Wildman–Crippen LogP) is 2.08. The van der Waals surface area contributed by atoms with Gasteiger partial charge in [0, 0.05) is 51.4 Å². The number of aliphatic hydroxyl groups is 1. The van der Waals surface area contributed by atoms with E-state index in [1.807, 2.05) is 6.07 Å². The highest BCUT2D eigenvalue weighted by Crippen LogP contribution is 2.31. The van der Waals surface area contributed by atoms with Crippen molar-refractivity contribution in [1.29, 1.82) is 0 Å². The molecule has 1 fully saturated rings. The summed E-state index contributed by atoms with van der Waals surface area (Å²) in [6.45, 7) is 6.38. The van der Waals surface area contributed by atoms with E-state index in [-0.39, 0.29) is 36.0 Å². The number of nitrogens with one attached hydrogen (secondary N) is 2. The Balaban J connectivity index is 0.00000364. The lowest BCUT2D eigenvalue weighted by molar-refractivity contribution is 0.127. The Bertz CT molecular complexity index is 550. The molecule has 1 aliphatic heterocycles. The number of hydrogen-bond acceptors (Lipinski definition) is 4. The van der Waals surface area contributed by atoms with Gasteiger partial charge in [-0.3, -0.25) is 9.89 Å². The van der Waals surface area contributed by atoms with Crippen molar-refractivity contribution in [3.63, 3.8) is 0 Å². The molecule has 2 atom stereocenters. The zero-order valence-corrected chi connectivity index (χ0v) is 19.1. The van der Waals surface area contributed by atoms with E-state index in [0.717, 1.165) is 45.0 Å². The van der Waals surface area contributed by atoms with Crippen molar-refractivity contribution in [3.8, 4) is 0 Å². The topological polar surface area (TPSA) is 69.1 Å². The van der Waals surface area contributed by atoms with Gasteiger partial charge in [0.2, 0.25) is 0 Å². The summed E-state index contributed by atoms with van der Waals surface area (Å²) in [5.74, 6) is 0.800. The van der Waals surface area contributed by atoms with E-state index >= 15 is 0 Å². The molecule has 0 radical (unpaired) electrons. The van der Waals surface area contributed by atoms with E-state index in [1.165, 1.54) is 5.56 Å². The molecular formula is C20H35IN4O2. The molecule has 0 bridgehead atoms. The van der Waals surface area contributed by atoms with E-state index in [9.17, 15) is 5.11 Å². The summed E-state index contributed by atoms with van der Waals surface area (Å²) in [5.41, 5.74) is 1.33. The molecule has 0 aromatic heterocycles. The van der Waals surface area contributed by atoms with E-state index < -0.39 is 0 Å². The minimum absolute atomic E-state index is 0. The van der Waals surface area contributed by atoms with Gasteiger partial charge in [0.05, 0.1) is 6.61 Å². The van der Waals surface area contributed by atoms with Crippen molar-refractivity contribution in [2.24, 2.45) is 10.4 Å². The number of ether oxygens (including phenoxy) is 1. The molecule has 0 saturated carbocycles. The predicted molar refractivity (Wildman–Crippen MR) is 122 cm³/mol. The highest BCUT2D eigenvalue weighted by molar-refractivity contribution is 14.0. The van der Waals surface area contributed by atoms with Crippen molar-refractivity contribution in [3.05, 3.63) is 35.9 Å². The molecule has 0 amide bonds. The van der Waals surface area contributed by atoms with Gasteiger partial charge >= 0.3 is 0 Å². The van der Waals surface area contributed by atoms with Gasteiger partial charge in [0.15, 0.2) is 5.96 Å². The quantitative estimate of drug-likeness (QED) is 0.281. The fourth-order valence-corrected chi connectivity index (χ4v) is 3.23. The van der Waals surface area contributed by atoms with Gasteiger partial charge in [0.1, 0.15) is 0 Å². The third-order valence-electron chi connectivity index (χ3n) is 5.27. The number of halogens is 1. The van der Waals surface area contributed by atoms with Gasteiger partial charge in [-0.2, -0.15) is 0 Å². The SMILES string of the molecule is CN=C(NCC(C)N(C)Cc1ccccc1)NCC1(CCO)CCOC1.I. The zero-order chi connectivity index (χ0) is 18.8. The summed E-state index contributed by atoms with van der Waals surface area (Å²) < 4.78 is 5.55. The van der Waals surface area contributed by atoms with Gasteiger partial charge in [-0.05, 0) is 32.4 Å². The zero-order valence-electron chi connectivity index (χ0n) is 16.8. The number of aliphatic imine (C=N–C) groups is 1. The molecule has 0 spiro atoms. The first-order chi connectivity index (χ1) is 12.6. The van der Waals surface area contributed by atoms with Crippen LogP contribution in [0.2, 0.25) is 0 Å². The van der Waals surface area contributed by atoms with Crippen LogP contribution in [0, 0.1) is 5.41 Å². The second-order valence-electron chi connectivity index (χ2n) is 7.33. The Hall–Kier alpha value is -0.900. The van der Waals surface area contributed by atoms with Crippen molar-refractivity contribution in [2.45, 2.75) is 32.4 Å². The molecule has 1 aromatic rings. The third-order valence-corrected chi connectivity index (χ3v) is 5.27. The molecule has 2 unspecified atom stereocenters. The smallest absolute Gasteiger partial charge is 0.191 e. The molecule has 1 heterocycles. The van der Waals surface area contributed by atoms with Crippen molar-refractivity contribution in [2.75, 3.05) is 47.0 Å². The maximum atomic E-state index is 9.34. The lowest BCUT2D eigenvalue weighted by Crippen LogP contribution is -2.48. The maximum absolute atomic E-state index is 9.34. The molecule has 27 heavy (non-hydrogen) atoms. The number of likely N-dealkylation sites (N-methyl/N-ethyl adjacent to an activating group) is 1. The molecule has 3 N–H and O–H groups in total. The van der Waals surface area contributed by atoms with Gasteiger partial charge in [-0.25, -0.2) is 0 Å². The van der Waals surface area contributed by atoms with Crippen molar-refractivity contribution in [1.82, 2.24) is 15.5 Å². The van der Waals surface area contributed by atoms with Crippen LogP contribution in [-0.4, -0.2) is 69.0 Å². The lowest BCUT2D eigenvalue weighted by atomic mass is 9.84. The van der Waals surface area contributed by atoms with Crippen LogP contribution < -0.4 is 10.6 Å². The van der Waals surface area contributed by atoms with Gasteiger partial charge < -0.3 is 20.5 Å². The number of guanidine groups is 1.